The van der Waals surface area contributed by atoms with Crippen LogP contribution >= 0.6 is 23.2 Å². The van der Waals surface area contributed by atoms with Crippen LogP contribution in [0.15, 0.2) is 66.7 Å². The molecule has 0 aromatic heterocycles. The van der Waals surface area contributed by atoms with E-state index in [-0.39, 0.29) is 5.56 Å². The largest absolute Gasteiger partial charge is 0.486 e. The smallest absolute Gasteiger partial charge is 0.339 e. The van der Waals surface area contributed by atoms with Gasteiger partial charge in [-0.3, -0.25) is 4.79 Å². The number of fused-ring (bicyclic) bond motifs is 1. The number of rotatable bonds is 5. The minimum atomic E-state index is -1.19. The van der Waals surface area contributed by atoms with Crippen LogP contribution in [0, 0.1) is 0 Å². The number of hydrogen-bond acceptors (Lipinski definition) is 5. The van der Waals surface area contributed by atoms with Crippen LogP contribution in [0.2, 0.25) is 10.0 Å². The van der Waals surface area contributed by atoms with Crippen LogP contribution in [0.3, 0.4) is 0 Å². The molecule has 0 spiro atoms. The fourth-order valence-electron chi connectivity index (χ4n) is 3.08. The standard InChI is InChI=1S/C23H17Cl2NO5/c24-16-11-17(25)13-18(12-16)26-22(27)21(14-4-2-1-3-5-14)31-23(28)15-6-7-19-20(10-15)30-9-8-29-19/h1-7,10-13,21H,8-9H2,(H,26,27). The van der Waals surface area contributed by atoms with E-state index in [9.17, 15) is 9.59 Å². The molecule has 0 saturated heterocycles. The Labute approximate surface area is 188 Å². The Hall–Kier alpha value is -3.22. The fourth-order valence-corrected chi connectivity index (χ4v) is 3.61. The van der Waals surface area contributed by atoms with E-state index in [0.717, 1.165) is 0 Å². The maximum Gasteiger partial charge on any atom is 0.339 e. The van der Waals surface area contributed by atoms with Crippen molar-refractivity contribution >= 4 is 40.8 Å². The van der Waals surface area contributed by atoms with E-state index in [1.54, 1.807) is 60.7 Å². The van der Waals surface area contributed by atoms with Gasteiger partial charge < -0.3 is 19.5 Å². The molecule has 6 nitrogen and oxygen atoms in total. The lowest BCUT2D eigenvalue weighted by atomic mass is 10.1. The summed E-state index contributed by atoms with van der Waals surface area (Å²) in [5.74, 6) is -0.214. The van der Waals surface area contributed by atoms with Crippen molar-refractivity contribution < 1.29 is 23.8 Å². The molecule has 1 heterocycles. The topological polar surface area (TPSA) is 73.9 Å². The summed E-state index contributed by atoms with van der Waals surface area (Å²) in [5.41, 5.74) is 1.14. The zero-order valence-electron chi connectivity index (χ0n) is 16.1. The molecule has 0 aliphatic carbocycles. The van der Waals surface area contributed by atoms with Crippen LogP contribution in [0.25, 0.3) is 0 Å². The van der Waals surface area contributed by atoms with E-state index >= 15 is 0 Å². The first kappa shape index (κ1) is 21.0. The maximum absolute atomic E-state index is 13.0. The van der Waals surface area contributed by atoms with Gasteiger partial charge in [-0.05, 0) is 36.4 Å². The summed E-state index contributed by atoms with van der Waals surface area (Å²) in [5, 5.41) is 3.43. The van der Waals surface area contributed by atoms with Gasteiger partial charge in [0.15, 0.2) is 11.5 Å². The van der Waals surface area contributed by atoms with Gasteiger partial charge in [0.25, 0.3) is 5.91 Å². The van der Waals surface area contributed by atoms with Gasteiger partial charge in [-0.2, -0.15) is 0 Å². The van der Waals surface area contributed by atoms with Crippen molar-refractivity contribution in [3.8, 4) is 11.5 Å². The van der Waals surface area contributed by atoms with E-state index in [1.165, 1.54) is 6.07 Å². The maximum atomic E-state index is 13.0. The van der Waals surface area contributed by atoms with Gasteiger partial charge in [0.05, 0.1) is 5.56 Å². The Balaban J connectivity index is 1.58. The van der Waals surface area contributed by atoms with Crippen LogP contribution in [0.4, 0.5) is 5.69 Å². The number of esters is 1. The monoisotopic (exact) mass is 457 g/mol. The number of carbonyl (C=O) groups excluding carboxylic acids is 2. The third-order valence-corrected chi connectivity index (χ3v) is 4.91. The van der Waals surface area contributed by atoms with Crippen molar-refractivity contribution in [3.05, 3.63) is 87.9 Å². The summed E-state index contributed by atoms with van der Waals surface area (Å²) in [6.07, 6.45) is -1.19. The van der Waals surface area contributed by atoms with Crippen LogP contribution < -0.4 is 14.8 Å². The lowest BCUT2D eigenvalue weighted by molar-refractivity contribution is -0.125. The Kier molecular flexibility index (Phi) is 6.30. The summed E-state index contributed by atoms with van der Waals surface area (Å²) >= 11 is 12.0. The fraction of sp³-hybridized carbons (Fsp3) is 0.130. The molecule has 3 aromatic rings. The lowest BCUT2D eigenvalue weighted by Crippen LogP contribution is -2.26. The van der Waals surface area contributed by atoms with E-state index < -0.39 is 18.0 Å². The Morgan fingerprint density at radius 3 is 2.26 bits per heavy atom. The van der Waals surface area contributed by atoms with Crippen molar-refractivity contribution in [2.24, 2.45) is 0 Å². The lowest BCUT2D eigenvalue weighted by Gasteiger charge is -2.20. The highest BCUT2D eigenvalue weighted by molar-refractivity contribution is 6.35. The van der Waals surface area contributed by atoms with Crippen LogP contribution in [0.1, 0.15) is 22.0 Å². The molecule has 1 aliphatic rings. The molecular weight excluding hydrogens is 441 g/mol. The first-order valence-electron chi connectivity index (χ1n) is 9.42. The van der Waals surface area contributed by atoms with Crippen molar-refractivity contribution in [1.82, 2.24) is 0 Å². The SMILES string of the molecule is O=C(OC(C(=O)Nc1cc(Cl)cc(Cl)c1)c1ccccc1)c1ccc2c(c1)OCCO2. The molecule has 0 bridgehead atoms. The third-order valence-electron chi connectivity index (χ3n) is 4.47. The average Bonchev–Trinajstić information content (AvgIpc) is 2.76. The first-order valence-corrected chi connectivity index (χ1v) is 10.2. The number of carbonyl (C=O) groups is 2. The molecule has 0 radical (unpaired) electrons. The Bertz CT molecular complexity index is 1100. The van der Waals surface area contributed by atoms with E-state index in [4.69, 9.17) is 37.4 Å². The van der Waals surface area contributed by atoms with Gasteiger partial charge in [0.2, 0.25) is 6.10 Å². The van der Waals surface area contributed by atoms with E-state index in [2.05, 4.69) is 5.32 Å². The number of anilines is 1. The van der Waals surface area contributed by atoms with Crippen molar-refractivity contribution in [3.63, 3.8) is 0 Å². The van der Waals surface area contributed by atoms with Gasteiger partial charge >= 0.3 is 5.97 Å². The zero-order valence-corrected chi connectivity index (χ0v) is 17.7. The van der Waals surface area contributed by atoms with E-state index in [1.807, 2.05) is 0 Å². The summed E-state index contributed by atoms with van der Waals surface area (Å²) in [4.78, 5) is 25.9. The van der Waals surface area contributed by atoms with Gasteiger partial charge in [-0.1, -0.05) is 53.5 Å². The van der Waals surface area contributed by atoms with Gasteiger partial charge in [-0.25, -0.2) is 4.79 Å². The normalized spacial score (nSPS) is 13.2. The number of amides is 1. The molecule has 4 rings (SSSR count). The summed E-state index contributed by atoms with van der Waals surface area (Å²) < 4.78 is 16.6. The Morgan fingerprint density at radius 2 is 1.55 bits per heavy atom. The first-order chi connectivity index (χ1) is 15.0. The molecule has 1 aliphatic heterocycles. The number of nitrogens with one attached hydrogen (secondary N) is 1. The predicted molar refractivity (Wildman–Crippen MR) is 117 cm³/mol. The minimum Gasteiger partial charge on any atom is -0.486 e. The second-order valence-corrected chi connectivity index (χ2v) is 7.57. The zero-order chi connectivity index (χ0) is 21.8. The predicted octanol–water partition coefficient (Wildman–Crippen LogP) is 5.30. The van der Waals surface area contributed by atoms with Crippen molar-refractivity contribution in [1.29, 1.82) is 0 Å². The number of benzene rings is 3. The van der Waals surface area contributed by atoms with E-state index in [0.29, 0.717) is 46.0 Å². The molecule has 1 atom stereocenters. The van der Waals surface area contributed by atoms with Crippen molar-refractivity contribution in [2.75, 3.05) is 18.5 Å². The third kappa shape index (κ3) is 5.10. The second kappa shape index (κ2) is 9.29. The molecule has 158 valence electrons. The summed E-state index contributed by atoms with van der Waals surface area (Å²) in [7, 11) is 0. The number of halogens is 2. The minimum absolute atomic E-state index is 0.240. The summed E-state index contributed by atoms with van der Waals surface area (Å²) in [6, 6.07) is 18.1. The highest BCUT2D eigenvalue weighted by atomic mass is 35.5. The molecule has 8 heteroatoms. The second-order valence-electron chi connectivity index (χ2n) is 6.70. The van der Waals surface area contributed by atoms with Crippen molar-refractivity contribution in [2.45, 2.75) is 6.10 Å². The number of hydrogen-bond donors (Lipinski definition) is 1. The molecule has 0 saturated carbocycles. The molecule has 1 N–H and O–H groups in total. The Morgan fingerprint density at radius 1 is 0.871 bits per heavy atom. The molecule has 3 aromatic carbocycles. The van der Waals surface area contributed by atoms with Crippen LogP contribution in [-0.2, 0) is 9.53 Å². The van der Waals surface area contributed by atoms with Crippen LogP contribution in [-0.4, -0.2) is 25.1 Å². The van der Waals surface area contributed by atoms with Gasteiger partial charge in [0, 0.05) is 21.3 Å². The highest BCUT2D eigenvalue weighted by Gasteiger charge is 2.27. The van der Waals surface area contributed by atoms with Gasteiger partial charge in [-0.15, -0.1) is 0 Å². The highest BCUT2D eigenvalue weighted by Crippen LogP contribution is 2.32. The molecule has 0 fully saturated rings. The molecule has 1 amide bonds. The number of ether oxygens (including phenoxy) is 3. The molecule has 31 heavy (non-hydrogen) atoms. The van der Waals surface area contributed by atoms with Crippen LogP contribution in [0.5, 0.6) is 11.5 Å². The van der Waals surface area contributed by atoms with Gasteiger partial charge in [0.1, 0.15) is 13.2 Å². The molecular formula is C23H17Cl2NO5. The molecule has 1 unspecified atom stereocenters. The quantitative estimate of drug-likeness (QED) is 0.526. The average molecular weight is 458 g/mol. The summed E-state index contributed by atoms with van der Waals surface area (Å²) in [6.45, 7) is 0.837.